The van der Waals surface area contributed by atoms with Crippen LogP contribution in [-0.4, -0.2) is 11.3 Å². The molecule has 0 aliphatic heterocycles. The van der Waals surface area contributed by atoms with Crippen molar-refractivity contribution < 1.29 is 22.6 Å². The molecule has 4 nitrogen and oxygen atoms in total. The van der Waals surface area contributed by atoms with Crippen LogP contribution >= 0.6 is 11.6 Å². The van der Waals surface area contributed by atoms with Crippen molar-refractivity contribution in [2.24, 2.45) is 5.73 Å². The van der Waals surface area contributed by atoms with Crippen LogP contribution in [0.15, 0.2) is 36.5 Å². The zero-order chi connectivity index (χ0) is 15.5. The summed E-state index contributed by atoms with van der Waals surface area (Å²) in [6, 6.07) is 6.53. The molecule has 2 rings (SSSR count). The maximum absolute atomic E-state index is 12.0. The van der Waals surface area contributed by atoms with Crippen LogP contribution in [0.3, 0.4) is 0 Å². The number of ether oxygens (including phenoxy) is 2. The summed E-state index contributed by atoms with van der Waals surface area (Å²) in [6.45, 7) is 0.218. The Morgan fingerprint density at radius 3 is 2.29 bits per heavy atom. The first-order valence-electron chi connectivity index (χ1n) is 5.76. The van der Waals surface area contributed by atoms with Crippen molar-refractivity contribution in [3.05, 3.63) is 47.1 Å². The van der Waals surface area contributed by atoms with Crippen molar-refractivity contribution >= 4 is 11.6 Å². The molecule has 8 heteroatoms. The van der Waals surface area contributed by atoms with Crippen LogP contribution in [0.5, 0.6) is 17.4 Å². The third-order valence-electron chi connectivity index (χ3n) is 2.43. The highest BCUT2D eigenvalue weighted by molar-refractivity contribution is 6.32. The van der Waals surface area contributed by atoms with Gasteiger partial charge in [-0.25, -0.2) is 4.98 Å². The lowest BCUT2D eigenvalue weighted by molar-refractivity contribution is -0.274. The molecule has 0 saturated carbocycles. The second kappa shape index (κ2) is 6.19. The Morgan fingerprint density at radius 2 is 1.71 bits per heavy atom. The summed E-state index contributed by atoms with van der Waals surface area (Å²) in [4.78, 5) is 3.94. The summed E-state index contributed by atoms with van der Waals surface area (Å²) in [7, 11) is 0. The SMILES string of the molecule is NCc1ccnc(Oc2ccc(OC(F)(F)F)cc2)c1Cl. The Morgan fingerprint density at radius 1 is 1.10 bits per heavy atom. The zero-order valence-corrected chi connectivity index (χ0v) is 11.3. The molecule has 0 radical (unpaired) electrons. The molecule has 0 fully saturated rings. The van der Waals surface area contributed by atoms with E-state index in [2.05, 4.69) is 9.72 Å². The van der Waals surface area contributed by atoms with Gasteiger partial charge in [-0.05, 0) is 35.9 Å². The van der Waals surface area contributed by atoms with Gasteiger partial charge in [-0.3, -0.25) is 0 Å². The maximum Gasteiger partial charge on any atom is 0.573 e. The van der Waals surface area contributed by atoms with Crippen molar-refractivity contribution in [1.82, 2.24) is 4.98 Å². The lowest BCUT2D eigenvalue weighted by Crippen LogP contribution is -2.16. The van der Waals surface area contributed by atoms with E-state index in [4.69, 9.17) is 22.1 Å². The van der Waals surface area contributed by atoms with Crippen LogP contribution in [0.1, 0.15) is 5.56 Å². The van der Waals surface area contributed by atoms with Gasteiger partial charge in [-0.1, -0.05) is 11.6 Å². The largest absolute Gasteiger partial charge is 0.573 e. The maximum atomic E-state index is 12.0. The van der Waals surface area contributed by atoms with E-state index in [1.54, 1.807) is 6.07 Å². The van der Waals surface area contributed by atoms with Crippen molar-refractivity contribution in [3.63, 3.8) is 0 Å². The molecule has 0 atom stereocenters. The molecule has 1 heterocycles. The Labute approximate surface area is 123 Å². The van der Waals surface area contributed by atoms with Gasteiger partial charge in [0.05, 0.1) is 0 Å². The summed E-state index contributed by atoms with van der Waals surface area (Å²) < 4.78 is 45.3. The van der Waals surface area contributed by atoms with Crippen molar-refractivity contribution in [1.29, 1.82) is 0 Å². The average molecular weight is 319 g/mol. The van der Waals surface area contributed by atoms with Gasteiger partial charge in [0.2, 0.25) is 5.88 Å². The molecule has 2 aromatic rings. The third-order valence-corrected chi connectivity index (χ3v) is 2.83. The number of rotatable bonds is 4. The predicted octanol–water partition coefficient (Wildman–Crippen LogP) is 3.88. The zero-order valence-electron chi connectivity index (χ0n) is 10.5. The number of hydrogen-bond donors (Lipinski definition) is 1. The molecule has 0 unspecified atom stereocenters. The molecule has 0 aliphatic carbocycles. The van der Waals surface area contributed by atoms with Gasteiger partial charge < -0.3 is 15.2 Å². The monoisotopic (exact) mass is 318 g/mol. The van der Waals surface area contributed by atoms with E-state index >= 15 is 0 Å². The summed E-state index contributed by atoms with van der Waals surface area (Å²) in [5, 5.41) is 0.260. The number of pyridine rings is 1. The lowest BCUT2D eigenvalue weighted by Gasteiger charge is -2.11. The first-order valence-corrected chi connectivity index (χ1v) is 6.14. The highest BCUT2D eigenvalue weighted by atomic mass is 35.5. The Balaban J connectivity index is 2.14. The smallest absolute Gasteiger partial charge is 0.438 e. The summed E-state index contributed by atoms with van der Waals surface area (Å²) in [5.41, 5.74) is 6.15. The van der Waals surface area contributed by atoms with Gasteiger partial charge >= 0.3 is 6.36 Å². The molecule has 0 amide bonds. The number of hydrogen-bond acceptors (Lipinski definition) is 4. The molecule has 2 N–H and O–H groups in total. The van der Waals surface area contributed by atoms with E-state index in [0.717, 1.165) is 12.1 Å². The predicted molar refractivity (Wildman–Crippen MR) is 70.3 cm³/mol. The molecular formula is C13H10ClF3N2O2. The Hall–Kier alpha value is -1.99. The van der Waals surface area contributed by atoms with Crippen LogP contribution in [0.4, 0.5) is 13.2 Å². The number of nitrogens with two attached hydrogens (primary N) is 1. The Bertz CT molecular complexity index is 618. The van der Waals surface area contributed by atoms with Crippen LogP contribution in [0, 0.1) is 0 Å². The lowest BCUT2D eigenvalue weighted by atomic mass is 10.2. The number of halogens is 4. The minimum atomic E-state index is -4.73. The molecule has 21 heavy (non-hydrogen) atoms. The van der Waals surface area contributed by atoms with E-state index in [0.29, 0.717) is 5.56 Å². The quantitative estimate of drug-likeness (QED) is 0.929. The van der Waals surface area contributed by atoms with Gasteiger partial charge in [0.15, 0.2) is 0 Å². The molecule has 0 aliphatic rings. The number of nitrogens with zero attached hydrogens (tertiary/aromatic N) is 1. The second-order valence-corrected chi connectivity index (χ2v) is 4.29. The van der Waals surface area contributed by atoms with E-state index in [1.165, 1.54) is 18.3 Å². The molecule has 1 aromatic heterocycles. The fraction of sp³-hybridized carbons (Fsp3) is 0.154. The number of benzene rings is 1. The molecule has 1 aromatic carbocycles. The van der Waals surface area contributed by atoms with Gasteiger partial charge in [0, 0.05) is 12.7 Å². The molecule has 0 saturated heterocycles. The van der Waals surface area contributed by atoms with Gasteiger partial charge in [-0.15, -0.1) is 13.2 Å². The fourth-order valence-electron chi connectivity index (χ4n) is 1.51. The van der Waals surface area contributed by atoms with Crippen LogP contribution in [-0.2, 0) is 6.54 Å². The summed E-state index contributed by atoms with van der Waals surface area (Å²) in [5.74, 6) is 0.0572. The third kappa shape index (κ3) is 4.24. The Kier molecular flexibility index (Phi) is 4.54. The molecule has 112 valence electrons. The summed E-state index contributed by atoms with van der Waals surface area (Å²) >= 11 is 6.04. The first kappa shape index (κ1) is 15.4. The number of aromatic nitrogens is 1. The minimum Gasteiger partial charge on any atom is -0.438 e. The van der Waals surface area contributed by atoms with Crippen LogP contribution in [0.2, 0.25) is 5.02 Å². The topological polar surface area (TPSA) is 57.4 Å². The van der Waals surface area contributed by atoms with Crippen LogP contribution in [0.25, 0.3) is 0 Å². The van der Waals surface area contributed by atoms with E-state index < -0.39 is 6.36 Å². The molecule has 0 bridgehead atoms. The first-order chi connectivity index (χ1) is 9.89. The molecular weight excluding hydrogens is 309 g/mol. The van der Waals surface area contributed by atoms with Gasteiger partial charge in [0.1, 0.15) is 16.5 Å². The van der Waals surface area contributed by atoms with Crippen molar-refractivity contribution in [2.75, 3.05) is 0 Å². The van der Waals surface area contributed by atoms with E-state index in [9.17, 15) is 13.2 Å². The molecule has 0 spiro atoms. The van der Waals surface area contributed by atoms with Crippen molar-refractivity contribution in [3.8, 4) is 17.4 Å². The fourth-order valence-corrected chi connectivity index (χ4v) is 1.74. The van der Waals surface area contributed by atoms with Crippen LogP contribution < -0.4 is 15.2 Å². The van der Waals surface area contributed by atoms with E-state index in [-0.39, 0.29) is 28.9 Å². The van der Waals surface area contributed by atoms with E-state index in [1.807, 2.05) is 0 Å². The standard InChI is InChI=1S/C13H10ClF3N2O2/c14-11-8(7-18)5-6-19-12(11)20-9-1-3-10(4-2-9)21-13(15,16)17/h1-6H,7,18H2. The number of alkyl halides is 3. The highest BCUT2D eigenvalue weighted by Crippen LogP contribution is 2.31. The van der Waals surface area contributed by atoms with Gasteiger partial charge in [0.25, 0.3) is 0 Å². The summed E-state index contributed by atoms with van der Waals surface area (Å²) in [6.07, 6.45) is -3.26. The average Bonchev–Trinajstić information content (AvgIpc) is 2.42. The normalized spacial score (nSPS) is 11.3. The second-order valence-electron chi connectivity index (χ2n) is 3.91. The minimum absolute atomic E-state index is 0.129. The highest BCUT2D eigenvalue weighted by Gasteiger charge is 2.31. The van der Waals surface area contributed by atoms with Crippen molar-refractivity contribution in [2.45, 2.75) is 12.9 Å². The van der Waals surface area contributed by atoms with Gasteiger partial charge in [-0.2, -0.15) is 0 Å².